The van der Waals surface area contributed by atoms with Gasteiger partial charge in [0.15, 0.2) is 5.78 Å². The van der Waals surface area contributed by atoms with Crippen molar-refractivity contribution in [3.05, 3.63) is 12.7 Å². The molecule has 0 aromatic rings. The summed E-state index contributed by atoms with van der Waals surface area (Å²) in [6.45, 7) is 7.83. The van der Waals surface area contributed by atoms with Crippen molar-refractivity contribution in [3.63, 3.8) is 0 Å². The molecule has 0 fully saturated rings. The number of hydrogen-bond donors (Lipinski definition) is 2. The van der Waals surface area contributed by atoms with Gasteiger partial charge in [-0.25, -0.2) is 9.59 Å². The molecule has 0 heterocycles. The molecule has 8 heteroatoms. The van der Waals surface area contributed by atoms with Gasteiger partial charge in [0.2, 0.25) is 6.29 Å². The van der Waals surface area contributed by atoms with E-state index >= 15 is 0 Å². The first kappa shape index (κ1) is 19.6. The van der Waals surface area contributed by atoms with Crippen molar-refractivity contribution in [1.82, 2.24) is 5.32 Å². The van der Waals surface area contributed by atoms with E-state index in [0.29, 0.717) is 0 Å². The lowest BCUT2D eigenvalue weighted by Crippen LogP contribution is -2.42. The predicted molar refractivity (Wildman–Crippen MR) is 75.9 cm³/mol. The molecular weight excluding hydrogens is 294 g/mol. The second-order valence-electron chi connectivity index (χ2n) is 4.81. The third-order valence-electron chi connectivity index (χ3n) is 2.52. The van der Waals surface area contributed by atoms with Crippen LogP contribution in [0.3, 0.4) is 0 Å². The maximum Gasteiger partial charge on any atom is 0.410 e. The summed E-state index contributed by atoms with van der Waals surface area (Å²) in [4.78, 5) is 44.9. The topological polar surface area (TPSA) is 119 Å². The average molecular weight is 315 g/mol. The number of rotatable bonds is 9. The Labute approximate surface area is 128 Å². The minimum atomic E-state index is -1.30. The summed E-state index contributed by atoms with van der Waals surface area (Å²) in [5.74, 6) is -2.57. The number of carbonyl (C=O) groups is 4. The highest BCUT2D eigenvalue weighted by molar-refractivity contribution is 5.89. The summed E-state index contributed by atoms with van der Waals surface area (Å²) in [5, 5.41) is 11.1. The minimum Gasteiger partial charge on any atom is -0.480 e. The van der Waals surface area contributed by atoms with Crippen molar-refractivity contribution >= 4 is 23.8 Å². The lowest BCUT2D eigenvalue weighted by molar-refractivity contribution is -0.169. The first-order valence-corrected chi connectivity index (χ1v) is 6.73. The smallest absolute Gasteiger partial charge is 0.410 e. The van der Waals surface area contributed by atoms with Crippen LogP contribution in [0, 0.1) is 5.92 Å². The van der Waals surface area contributed by atoms with Gasteiger partial charge < -0.3 is 19.9 Å². The zero-order valence-corrected chi connectivity index (χ0v) is 12.8. The first-order chi connectivity index (χ1) is 10.2. The van der Waals surface area contributed by atoms with Gasteiger partial charge in [0, 0.05) is 13.3 Å². The number of amides is 1. The number of ether oxygens (including phenoxy) is 2. The van der Waals surface area contributed by atoms with Crippen molar-refractivity contribution in [2.45, 2.75) is 45.9 Å². The number of allylic oxidation sites excluding steroid dienone is 1. The molecule has 0 saturated heterocycles. The molecule has 0 aliphatic rings. The second kappa shape index (κ2) is 9.54. The van der Waals surface area contributed by atoms with Crippen molar-refractivity contribution in [2.24, 2.45) is 5.92 Å². The van der Waals surface area contributed by atoms with Gasteiger partial charge in [-0.05, 0) is 12.5 Å². The van der Waals surface area contributed by atoms with Crippen LogP contribution in [0.5, 0.6) is 0 Å². The Kier molecular flexibility index (Phi) is 8.51. The monoisotopic (exact) mass is 315 g/mol. The number of carbonyl (C=O) groups excluding carboxylic acids is 3. The van der Waals surface area contributed by atoms with Gasteiger partial charge in [0.25, 0.3) is 0 Å². The molecule has 0 rings (SSSR count). The van der Waals surface area contributed by atoms with Gasteiger partial charge in [-0.15, -0.1) is 0 Å². The van der Waals surface area contributed by atoms with Gasteiger partial charge in [0.1, 0.15) is 6.04 Å². The van der Waals surface area contributed by atoms with Gasteiger partial charge in [-0.3, -0.25) is 9.59 Å². The van der Waals surface area contributed by atoms with Gasteiger partial charge in [-0.1, -0.05) is 20.4 Å². The van der Waals surface area contributed by atoms with Crippen molar-refractivity contribution in [3.8, 4) is 0 Å². The van der Waals surface area contributed by atoms with E-state index < -0.39 is 30.4 Å². The fraction of sp³-hybridized carbons (Fsp3) is 0.571. The molecule has 0 aromatic heterocycles. The van der Waals surface area contributed by atoms with Gasteiger partial charge >= 0.3 is 18.0 Å². The van der Waals surface area contributed by atoms with Crippen LogP contribution in [0.4, 0.5) is 4.79 Å². The number of carboxylic acids is 1. The number of hydrogen-bond acceptors (Lipinski definition) is 6. The molecule has 0 aliphatic heterocycles. The summed E-state index contributed by atoms with van der Waals surface area (Å²) in [6, 6.07) is -1.29. The standard InChI is InChI=1S/C14H21NO7/c1-5-10(16)6-7-11(12(17)18)15-14(20)22-9(4)21-13(19)8(2)3/h5,8-9,11H,1,6-7H2,2-4H3,(H,15,20)(H,17,18)/t9?,11-/m0/s1. The Hall–Kier alpha value is -2.38. The molecule has 0 radical (unpaired) electrons. The molecule has 0 saturated carbocycles. The molecule has 22 heavy (non-hydrogen) atoms. The number of carboxylic acid groups (broad SMARTS) is 1. The Morgan fingerprint density at radius 1 is 1.18 bits per heavy atom. The maximum atomic E-state index is 11.5. The molecular formula is C14H21NO7. The third-order valence-corrected chi connectivity index (χ3v) is 2.52. The highest BCUT2D eigenvalue weighted by Crippen LogP contribution is 2.04. The number of aliphatic carboxylic acids is 1. The number of ketones is 1. The highest BCUT2D eigenvalue weighted by atomic mass is 16.7. The summed E-state index contributed by atoms with van der Waals surface area (Å²) in [5.41, 5.74) is 0. The molecule has 0 aromatic carbocycles. The van der Waals surface area contributed by atoms with Crippen molar-refractivity contribution < 1.29 is 33.8 Å². The van der Waals surface area contributed by atoms with Crippen LogP contribution in [0.2, 0.25) is 0 Å². The molecule has 0 bridgehead atoms. The van der Waals surface area contributed by atoms with Crippen LogP contribution in [-0.4, -0.2) is 41.3 Å². The molecule has 2 atom stereocenters. The zero-order valence-electron chi connectivity index (χ0n) is 12.8. The van der Waals surface area contributed by atoms with Gasteiger partial charge in [0.05, 0.1) is 5.92 Å². The lowest BCUT2D eigenvalue weighted by atomic mass is 10.1. The summed E-state index contributed by atoms with van der Waals surface area (Å²) >= 11 is 0. The van der Waals surface area contributed by atoms with E-state index in [4.69, 9.17) is 14.6 Å². The van der Waals surface area contributed by atoms with E-state index in [-0.39, 0.29) is 24.5 Å². The van der Waals surface area contributed by atoms with Crippen LogP contribution in [0.25, 0.3) is 0 Å². The van der Waals surface area contributed by atoms with E-state index in [9.17, 15) is 19.2 Å². The SMILES string of the molecule is C=CC(=O)CC[C@H](NC(=O)OC(C)OC(=O)C(C)C)C(=O)O. The molecule has 2 N–H and O–H groups in total. The average Bonchev–Trinajstić information content (AvgIpc) is 2.41. The Morgan fingerprint density at radius 3 is 2.23 bits per heavy atom. The normalized spacial score (nSPS) is 12.9. The molecule has 124 valence electrons. The fourth-order valence-corrected chi connectivity index (χ4v) is 1.30. The van der Waals surface area contributed by atoms with E-state index in [1.165, 1.54) is 6.92 Å². The summed E-state index contributed by atoms with van der Waals surface area (Å²) in [6.07, 6.45) is -1.31. The molecule has 0 aliphatic carbocycles. The second-order valence-corrected chi connectivity index (χ2v) is 4.81. The quantitative estimate of drug-likeness (QED) is 0.373. The Balaban J connectivity index is 4.39. The third kappa shape index (κ3) is 8.03. The molecule has 8 nitrogen and oxygen atoms in total. The van der Waals surface area contributed by atoms with Crippen LogP contribution < -0.4 is 5.32 Å². The van der Waals surface area contributed by atoms with E-state index in [2.05, 4.69) is 11.9 Å². The predicted octanol–water partition coefficient (Wildman–Crippen LogP) is 1.25. The van der Waals surface area contributed by atoms with Crippen molar-refractivity contribution in [1.29, 1.82) is 0 Å². The Bertz CT molecular complexity index is 444. The summed E-state index contributed by atoms with van der Waals surface area (Å²) in [7, 11) is 0. The van der Waals surface area contributed by atoms with E-state index in [0.717, 1.165) is 6.08 Å². The maximum absolute atomic E-state index is 11.5. The van der Waals surface area contributed by atoms with Gasteiger partial charge in [-0.2, -0.15) is 0 Å². The van der Waals surface area contributed by atoms with E-state index in [1.807, 2.05) is 0 Å². The van der Waals surface area contributed by atoms with Crippen LogP contribution >= 0.6 is 0 Å². The number of alkyl carbamates (subject to hydrolysis) is 1. The van der Waals surface area contributed by atoms with E-state index in [1.54, 1.807) is 13.8 Å². The van der Waals surface area contributed by atoms with Crippen LogP contribution in [-0.2, 0) is 23.9 Å². The molecule has 1 unspecified atom stereocenters. The van der Waals surface area contributed by atoms with Crippen LogP contribution in [0.1, 0.15) is 33.6 Å². The fourth-order valence-electron chi connectivity index (χ4n) is 1.30. The Morgan fingerprint density at radius 2 is 1.77 bits per heavy atom. The molecule has 1 amide bonds. The highest BCUT2D eigenvalue weighted by Gasteiger charge is 2.23. The molecule has 0 spiro atoms. The zero-order chi connectivity index (χ0) is 17.3. The number of nitrogens with one attached hydrogen (secondary N) is 1. The van der Waals surface area contributed by atoms with Crippen LogP contribution in [0.15, 0.2) is 12.7 Å². The first-order valence-electron chi connectivity index (χ1n) is 6.73. The van der Waals surface area contributed by atoms with Crippen molar-refractivity contribution in [2.75, 3.05) is 0 Å². The minimum absolute atomic E-state index is 0.0708. The lowest BCUT2D eigenvalue weighted by Gasteiger charge is -2.18. The number of esters is 1. The summed E-state index contributed by atoms with van der Waals surface area (Å²) < 4.78 is 9.53. The largest absolute Gasteiger partial charge is 0.480 e.